The summed E-state index contributed by atoms with van der Waals surface area (Å²) in [7, 11) is 1.34. The molecule has 0 aromatic carbocycles. The van der Waals surface area contributed by atoms with Crippen LogP contribution >= 0.6 is 11.6 Å². The first-order valence-corrected chi connectivity index (χ1v) is 9.15. The van der Waals surface area contributed by atoms with Gasteiger partial charge in [0, 0.05) is 25.8 Å². The first-order chi connectivity index (χ1) is 12.6. The van der Waals surface area contributed by atoms with Gasteiger partial charge in [-0.2, -0.15) is 0 Å². The number of amides is 1. The van der Waals surface area contributed by atoms with Crippen molar-refractivity contribution in [1.29, 1.82) is 0 Å². The molecule has 3 atom stereocenters. The summed E-state index contributed by atoms with van der Waals surface area (Å²) in [6, 6.07) is 1.35. The highest BCUT2D eigenvalue weighted by molar-refractivity contribution is 6.29. The Morgan fingerprint density at radius 2 is 2.04 bits per heavy atom. The van der Waals surface area contributed by atoms with Crippen LogP contribution in [0.25, 0.3) is 0 Å². The number of carbonyl (C=O) groups is 2. The Bertz CT molecular complexity index is 739. The average Bonchev–Trinajstić information content (AvgIpc) is 2.58. The van der Waals surface area contributed by atoms with Crippen LogP contribution in [0.2, 0.25) is 5.15 Å². The number of ether oxygens (including phenoxy) is 2. The average molecular weight is 398 g/mol. The second kappa shape index (κ2) is 7.26. The molecule has 0 radical (unpaired) electrons. The summed E-state index contributed by atoms with van der Waals surface area (Å²) in [5.41, 5.74) is -0.0475. The molecule has 3 aliphatic heterocycles. The fraction of sp³-hybridized carbons (Fsp3) is 0.611. The summed E-state index contributed by atoms with van der Waals surface area (Å²) in [6.45, 7) is 6.52. The summed E-state index contributed by atoms with van der Waals surface area (Å²) < 4.78 is 10.5. The molecule has 1 aromatic rings. The van der Waals surface area contributed by atoms with Crippen LogP contribution in [0.15, 0.2) is 6.07 Å². The number of pyridine rings is 1. The van der Waals surface area contributed by atoms with Crippen LogP contribution in [-0.4, -0.2) is 65.3 Å². The summed E-state index contributed by atoms with van der Waals surface area (Å²) in [4.78, 5) is 31.8. The monoisotopic (exact) mass is 397 g/mol. The molecule has 3 fully saturated rings. The number of hydrogen-bond acceptors (Lipinski definition) is 7. The molecule has 27 heavy (non-hydrogen) atoms. The molecule has 1 aromatic heterocycles. The predicted molar refractivity (Wildman–Crippen MR) is 99.1 cm³/mol. The van der Waals surface area contributed by atoms with E-state index in [-0.39, 0.29) is 34.5 Å². The molecular formula is C18H24ClN3O5. The van der Waals surface area contributed by atoms with Crippen molar-refractivity contribution in [3.63, 3.8) is 0 Å². The van der Waals surface area contributed by atoms with Crippen molar-refractivity contribution >= 4 is 29.8 Å². The van der Waals surface area contributed by atoms with Crippen LogP contribution in [0.5, 0.6) is 0 Å². The normalized spacial score (nSPS) is 22.9. The SMILES string of the molecule is COC(O)c1c(C=O)cc(Cl)nc1N1CC2CC(C1)N2C(=O)OC(C)(C)C. The molecule has 1 N–H and O–H groups in total. The van der Waals surface area contributed by atoms with Crippen LogP contribution in [0.4, 0.5) is 10.6 Å². The first kappa shape index (κ1) is 19.9. The number of methoxy groups -OCH3 is 1. The lowest BCUT2D eigenvalue weighted by molar-refractivity contribution is -0.0774. The molecule has 2 bridgehead atoms. The number of anilines is 1. The Morgan fingerprint density at radius 1 is 1.41 bits per heavy atom. The number of halogens is 1. The van der Waals surface area contributed by atoms with Gasteiger partial charge in [-0.05, 0) is 33.3 Å². The molecule has 3 unspecified atom stereocenters. The van der Waals surface area contributed by atoms with E-state index >= 15 is 0 Å². The van der Waals surface area contributed by atoms with E-state index in [9.17, 15) is 14.7 Å². The minimum atomic E-state index is -1.30. The van der Waals surface area contributed by atoms with Crippen molar-refractivity contribution in [2.24, 2.45) is 0 Å². The van der Waals surface area contributed by atoms with Gasteiger partial charge in [-0.15, -0.1) is 0 Å². The number of nitrogens with zero attached hydrogens (tertiary/aromatic N) is 3. The molecule has 8 nitrogen and oxygen atoms in total. The fourth-order valence-electron chi connectivity index (χ4n) is 3.63. The predicted octanol–water partition coefficient (Wildman–Crippen LogP) is 2.38. The van der Waals surface area contributed by atoms with E-state index in [0.29, 0.717) is 25.2 Å². The number of aldehydes is 1. The Hall–Kier alpha value is -1.90. The molecule has 0 saturated carbocycles. The van der Waals surface area contributed by atoms with Gasteiger partial charge < -0.3 is 19.5 Å². The quantitative estimate of drug-likeness (QED) is 0.473. The van der Waals surface area contributed by atoms with E-state index in [2.05, 4.69) is 4.98 Å². The van der Waals surface area contributed by atoms with Crippen molar-refractivity contribution < 1.29 is 24.2 Å². The highest BCUT2D eigenvalue weighted by Gasteiger charge is 2.49. The van der Waals surface area contributed by atoms with Gasteiger partial charge in [0.15, 0.2) is 12.6 Å². The topological polar surface area (TPSA) is 92.2 Å². The minimum Gasteiger partial charge on any atom is -0.444 e. The van der Waals surface area contributed by atoms with E-state index in [1.165, 1.54) is 13.2 Å². The Labute approximate surface area is 163 Å². The molecule has 9 heteroatoms. The number of aliphatic hydroxyl groups is 1. The molecular weight excluding hydrogens is 374 g/mol. The van der Waals surface area contributed by atoms with Crippen molar-refractivity contribution in [2.75, 3.05) is 25.1 Å². The van der Waals surface area contributed by atoms with E-state index in [1.807, 2.05) is 25.7 Å². The maximum atomic E-state index is 12.4. The van der Waals surface area contributed by atoms with Crippen molar-refractivity contribution in [2.45, 2.75) is 51.2 Å². The third-order valence-corrected chi connectivity index (χ3v) is 4.93. The van der Waals surface area contributed by atoms with Crippen molar-refractivity contribution in [3.8, 4) is 0 Å². The standard InChI is InChI=1S/C18H24ClN3O5/c1-18(2,3)27-17(25)22-11-6-12(22)8-21(7-11)15-14(16(24)26-4)10(9-23)5-13(19)20-15/h5,9,11-12,16,24H,6-8H2,1-4H3. The number of piperidine rings is 1. The Kier molecular flexibility index (Phi) is 5.33. The second-order valence-electron chi connectivity index (χ2n) is 7.81. The summed E-state index contributed by atoms with van der Waals surface area (Å²) in [5.74, 6) is 0.400. The Morgan fingerprint density at radius 3 is 2.56 bits per heavy atom. The zero-order chi connectivity index (χ0) is 19.9. The molecule has 3 aliphatic rings. The van der Waals surface area contributed by atoms with Gasteiger partial charge in [-0.1, -0.05) is 11.6 Å². The highest BCUT2D eigenvalue weighted by Crippen LogP contribution is 2.38. The van der Waals surface area contributed by atoms with E-state index in [4.69, 9.17) is 21.1 Å². The van der Waals surface area contributed by atoms with Gasteiger partial charge in [0.1, 0.15) is 16.6 Å². The molecule has 0 aliphatic carbocycles. The number of aromatic nitrogens is 1. The first-order valence-electron chi connectivity index (χ1n) is 8.77. The van der Waals surface area contributed by atoms with E-state index < -0.39 is 11.9 Å². The molecule has 0 spiro atoms. The van der Waals surface area contributed by atoms with Crippen LogP contribution in [0, 0.1) is 0 Å². The molecule has 3 saturated heterocycles. The largest absolute Gasteiger partial charge is 0.444 e. The summed E-state index contributed by atoms with van der Waals surface area (Å²) in [6.07, 6.45) is -0.135. The lowest BCUT2D eigenvalue weighted by atomic mass is 9.87. The molecule has 1 amide bonds. The third kappa shape index (κ3) is 3.88. The summed E-state index contributed by atoms with van der Waals surface area (Å²) in [5, 5.41) is 10.4. The van der Waals surface area contributed by atoms with E-state index in [1.54, 1.807) is 4.90 Å². The number of piperazine rings is 1. The van der Waals surface area contributed by atoms with Crippen LogP contribution in [0.3, 0.4) is 0 Å². The lowest BCUT2D eigenvalue weighted by Crippen LogP contribution is -2.70. The Balaban J connectivity index is 1.84. The van der Waals surface area contributed by atoms with Gasteiger partial charge in [-0.25, -0.2) is 9.78 Å². The van der Waals surface area contributed by atoms with Crippen molar-refractivity contribution in [1.82, 2.24) is 9.88 Å². The molecule has 4 heterocycles. The van der Waals surface area contributed by atoms with Gasteiger partial charge >= 0.3 is 6.09 Å². The van der Waals surface area contributed by atoms with Gasteiger partial charge in [0.05, 0.1) is 17.6 Å². The maximum Gasteiger partial charge on any atom is 0.410 e. The zero-order valence-electron chi connectivity index (χ0n) is 15.8. The van der Waals surface area contributed by atoms with Gasteiger partial charge in [0.25, 0.3) is 0 Å². The van der Waals surface area contributed by atoms with Crippen molar-refractivity contribution in [3.05, 3.63) is 22.3 Å². The van der Waals surface area contributed by atoms with Gasteiger partial charge in [-0.3, -0.25) is 9.69 Å². The van der Waals surface area contributed by atoms with Crippen LogP contribution in [-0.2, 0) is 9.47 Å². The highest BCUT2D eigenvalue weighted by atomic mass is 35.5. The fourth-order valence-corrected chi connectivity index (χ4v) is 3.83. The van der Waals surface area contributed by atoms with Gasteiger partial charge in [0.2, 0.25) is 0 Å². The third-order valence-electron chi connectivity index (χ3n) is 4.73. The number of carbonyl (C=O) groups excluding carboxylic acids is 2. The number of fused-ring (bicyclic) bond motifs is 2. The molecule has 148 valence electrons. The molecule has 4 rings (SSSR count). The number of aliphatic hydroxyl groups excluding tert-OH is 1. The van der Waals surface area contributed by atoms with E-state index in [0.717, 1.165) is 6.42 Å². The lowest BCUT2D eigenvalue weighted by Gasteiger charge is -2.56. The van der Waals surface area contributed by atoms with Crippen LogP contribution in [0.1, 0.15) is 49.4 Å². The number of rotatable bonds is 4. The second-order valence-corrected chi connectivity index (χ2v) is 8.20. The minimum absolute atomic E-state index is 0.0217. The smallest absolute Gasteiger partial charge is 0.410 e. The maximum absolute atomic E-state index is 12.4. The zero-order valence-corrected chi connectivity index (χ0v) is 16.6. The number of hydrogen-bond donors (Lipinski definition) is 1. The summed E-state index contributed by atoms with van der Waals surface area (Å²) >= 11 is 6.06. The van der Waals surface area contributed by atoms with Crippen LogP contribution < -0.4 is 4.90 Å².